The first-order valence-electron chi connectivity index (χ1n) is 9.77. The van der Waals surface area contributed by atoms with Gasteiger partial charge in [0.1, 0.15) is 24.8 Å². The van der Waals surface area contributed by atoms with Crippen LogP contribution in [0.25, 0.3) is 11.4 Å². The molecule has 7 heteroatoms. The maximum Gasteiger partial charge on any atom is 0.158 e. The summed E-state index contributed by atoms with van der Waals surface area (Å²) in [5.41, 5.74) is 1.44. The summed E-state index contributed by atoms with van der Waals surface area (Å²) in [6, 6.07) is 14.0. The van der Waals surface area contributed by atoms with Gasteiger partial charge in [-0.3, -0.25) is 0 Å². The third-order valence-electron chi connectivity index (χ3n) is 4.94. The van der Waals surface area contributed by atoms with Gasteiger partial charge in [-0.2, -0.15) is 5.10 Å². The van der Waals surface area contributed by atoms with Gasteiger partial charge in [-0.15, -0.1) is 0 Å². The quantitative estimate of drug-likeness (QED) is 0.573. The molecule has 0 saturated carbocycles. The molecule has 29 heavy (non-hydrogen) atoms. The number of halogens is 2. The molecule has 1 aliphatic rings. The fourth-order valence-corrected chi connectivity index (χ4v) is 3.45. The zero-order chi connectivity index (χ0) is 20.1. The van der Waals surface area contributed by atoms with E-state index in [0.29, 0.717) is 42.6 Å². The van der Waals surface area contributed by atoms with Crippen molar-refractivity contribution in [3.63, 3.8) is 0 Å². The third-order valence-corrected chi connectivity index (χ3v) is 4.94. The van der Waals surface area contributed by atoms with Gasteiger partial charge >= 0.3 is 0 Å². The Morgan fingerprint density at radius 3 is 2.69 bits per heavy atom. The van der Waals surface area contributed by atoms with Crippen molar-refractivity contribution in [1.82, 2.24) is 14.8 Å². The molecule has 1 unspecified atom stereocenters. The van der Waals surface area contributed by atoms with E-state index >= 15 is 0 Å². The first-order chi connectivity index (χ1) is 14.2. The summed E-state index contributed by atoms with van der Waals surface area (Å²) >= 11 is 0. The topological polar surface area (TPSA) is 49.2 Å². The van der Waals surface area contributed by atoms with E-state index < -0.39 is 6.67 Å². The summed E-state index contributed by atoms with van der Waals surface area (Å²) in [5, 5.41) is 4.66. The highest BCUT2D eigenvalue weighted by molar-refractivity contribution is 5.56. The average molecular weight is 399 g/mol. The SMILES string of the molecule is FCCOc1ccc(-c2nc(Cc3ccccc3F)nn2CC2CCOC2)cc1. The highest BCUT2D eigenvalue weighted by Gasteiger charge is 2.21. The van der Waals surface area contributed by atoms with Gasteiger partial charge in [-0.1, -0.05) is 18.2 Å². The summed E-state index contributed by atoms with van der Waals surface area (Å²) in [4.78, 5) is 4.69. The number of nitrogens with zero attached hydrogens (tertiary/aromatic N) is 3. The van der Waals surface area contributed by atoms with Crippen molar-refractivity contribution >= 4 is 0 Å². The van der Waals surface area contributed by atoms with Crippen molar-refractivity contribution in [2.75, 3.05) is 26.5 Å². The second kappa shape index (κ2) is 9.13. The molecular weight excluding hydrogens is 376 g/mol. The lowest BCUT2D eigenvalue weighted by Gasteiger charge is -2.10. The average Bonchev–Trinajstić information content (AvgIpc) is 3.39. The predicted molar refractivity (Wildman–Crippen MR) is 105 cm³/mol. The Hall–Kier alpha value is -2.80. The molecule has 2 aromatic carbocycles. The number of benzene rings is 2. The molecule has 0 radical (unpaired) electrons. The van der Waals surface area contributed by atoms with Crippen molar-refractivity contribution in [2.24, 2.45) is 5.92 Å². The van der Waals surface area contributed by atoms with Crippen molar-refractivity contribution in [1.29, 1.82) is 0 Å². The molecule has 152 valence electrons. The zero-order valence-electron chi connectivity index (χ0n) is 16.1. The monoisotopic (exact) mass is 399 g/mol. The van der Waals surface area contributed by atoms with Crippen LogP contribution in [-0.4, -0.2) is 41.3 Å². The molecular formula is C22H23F2N3O2. The van der Waals surface area contributed by atoms with Crippen LogP contribution in [0, 0.1) is 11.7 Å². The van der Waals surface area contributed by atoms with E-state index in [4.69, 9.17) is 14.5 Å². The van der Waals surface area contributed by atoms with Gasteiger partial charge in [0.25, 0.3) is 0 Å². The Morgan fingerprint density at radius 1 is 1.14 bits per heavy atom. The van der Waals surface area contributed by atoms with Gasteiger partial charge in [0.2, 0.25) is 0 Å². The first kappa shape index (κ1) is 19.5. The van der Waals surface area contributed by atoms with E-state index in [0.717, 1.165) is 24.4 Å². The molecule has 0 aliphatic carbocycles. The molecule has 0 amide bonds. The van der Waals surface area contributed by atoms with E-state index in [1.807, 2.05) is 22.9 Å². The number of alkyl halides is 1. The minimum Gasteiger partial charge on any atom is -0.491 e. The Kier molecular flexibility index (Phi) is 6.14. The Morgan fingerprint density at radius 2 is 1.97 bits per heavy atom. The molecule has 1 aromatic heterocycles. The maximum atomic E-state index is 14.1. The number of ether oxygens (including phenoxy) is 2. The molecule has 5 nitrogen and oxygen atoms in total. The second-order valence-corrected chi connectivity index (χ2v) is 7.09. The summed E-state index contributed by atoms with van der Waals surface area (Å²) in [6.07, 6.45) is 1.31. The van der Waals surface area contributed by atoms with Crippen LogP contribution in [0.3, 0.4) is 0 Å². The second-order valence-electron chi connectivity index (χ2n) is 7.09. The van der Waals surface area contributed by atoms with Crippen LogP contribution in [-0.2, 0) is 17.7 Å². The van der Waals surface area contributed by atoms with Gasteiger partial charge in [-0.25, -0.2) is 18.4 Å². The molecule has 0 bridgehead atoms. The van der Waals surface area contributed by atoms with Gasteiger partial charge in [0, 0.05) is 31.1 Å². The van der Waals surface area contributed by atoms with Crippen LogP contribution in [0.1, 0.15) is 17.8 Å². The molecule has 1 aliphatic heterocycles. The van der Waals surface area contributed by atoms with Gasteiger partial charge in [0.15, 0.2) is 11.6 Å². The fraction of sp³-hybridized carbons (Fsp3) is 0.364. The van der Waals surface area contributed by atoms with Gasteiger partial charge < -0.3 is 9.47 Å². The highest BCUT2D eigenvalue weighted by Crippen LogP contribution is 2.24. The number of rotatable bonds is 8. The van der Waals surface area contributed by atoms with Crippen LogP contribution < -0.4 is 4.74 Å². The van der Waals surface area contributed by atoms with Crippen LogP contribution in [0.15, 0.2) is 48.5 Å². The smallest absolute Gasteiger partial charge is 0.158 e. The Labute approximate surface area is 168 Å². The largest absolute Gasteiger partial charge is 0.491 e. The van der Waals surface area contributed by atoms with Crippen molar-refractivity contribution < 1.29 is 18.3 Å². The summed E-state index contributed by atoms with van der Waals surface area (Å²) in [6.45, 7) is 1.66. The summed E-state index contributed by atoms with van der Waals surface area (Å²) in [5.74, 6) is 2.02. The standard InChI is InChI=1S/C22H23F2N3O2/c23-10-12-29-19-7-5-17(6-8-19)22-25-21(13-18-3-1-2-4-20(18)24)26-27(22)14-16-9-11-28-15-16/h1-8,16H,9-15H2. The fourth-order valence-electron chi connectivity index (χ4n) is 3.45. The molecule has 4 rings (SSSR count). The van der Waals surface area contributed by atoms with Crippen molar-refractivity contribution in [3.8, 4) is 17.1 Å². The number of hydrogen-bond acceptors (Lipinski definition) is 4. The van der Waals surface area contributed by atoms with E-state index in [2.05, 4.69) is 5.10 Å². The van der Waals surface area contributed by atoms with E-state index in [-0.39, 0.29) is 12.4 Å². The molecule has 1 fully saturated rings. The van der Waals surface area contributed by atoms with Crippen LogP contribution in [0.5, 0.6) is 5.75 Å². The molecule has 3 aromatic rings. The van der Waals surface area contributed by atoms with Crippen LogP contribution in [0.2, 0.25) is 0 Å². The van der Waals surface area contributed by atoms with Gasteiger partial charge in [0.05, 0.1) is 6.61 Å². The Bertz CT molecular complexity index is 937. The lowest BCUT2D eigenvalue weighted by Crippen LogP contribution is -2.13. The van der Waals surface area contributed by atoms with Crippen molar-refractivity contribution in [3.05, 3.63) is 65.7 Å². The maximum absolute atomic E-state index is 14.1. The first-order valence-corrected chi connectivity index (χ1v) is 9.77. The van der Waals surface area contributed by atoms with E-state index in [1.54, 1.807) is 24.3 Å². The van der Waals surface area contributed by atoms with Crippen molar-refractivity contribution in [2.45, 2.75) is 19.4 Å². The number of hydrogen-bond donors (Lipinski definition) is 0. The summed E-state index contributed by atoms with van der Waals surface area (Å²) < 4.78 is 39.0. The lowest BCUT2D eigenvalue weighted by molar-refractivity contribution is 0.181. The van der Waals surface area contributed by atoms with Crippen LogP contribution in [0.4, 0.5) is 8.78 Å². The summed E-state index contributed by atoms with van der Waals surface area (Å²) in [7, 11) is 0. The minimum atomic E-state index is -0.529. The Balaban J connectivity index is 1.61. The molecule has 0 spiro atoms. The molecule has 2 heterocycles. The highest BCUT2D eigenvalue weighted by atomic mass is 19.1. The van der Waals surface area contributed by atoms with Crippen LogP contribution >= 0.6 is 0 Å². The normalized spacial score (nSPS) is 16.3. The minimum absolute atomic E-state index is 0.0317. The van der Waals surface area contributed by atoms with E-state index in [1.165, 1.54) is 6.07 Å². The number of aromatic nitrogens is 3. The van der Waals surface area contributed by atoms with E-state index in [9.17, 15) is 8.78 Å². The predicted octanol–water partition coefficient (Wildman–Crippen LogP) is 4.06. The lowest BCUT2D eigenvalue weighted by atomic mass is 10.1. The molecule has 1 saturated heterocycles. The third kappa shape index (κ3) is 4.79. The van der Waals surface area contributed by atoms with Gasteiger partial charge in [-0.05, 0) is 42.3 Å². The molecule has 0 N–H and O–H groups in total. The zero-order valence-corrected chi connectivity index (χ0v) is 16.1. The molecule has 1 atom stereocenters.